The van der Waals surface area contributed by atoms with E-state index in [1.165, 1.54) is 0 Å². The molecule has 0 spiro atoms. The fraction of sp³-hybridized carbons (Fsp3) is 1.00. The second-order valence-corrected chi connectivity index (χ2v) is 2.74. The van der Waals surface area contributed by atoms with Gasteiger partial charge in [0.2, 0.25) is 0 Å². The van der Waals surface area contributed by atoms with Gasteiger partial charge in [-0.3, -0.25) is 0 Å². The SMILES string of the molecule is C[N+](C)(C)CCO.[Ba+2].[H-].[H-]. The number of hydrogen-bond acceptors (Lipinski definition) is 1. The van der Waals surface area contributed by atoms with Crippen LogP contribution in [0.5, 0.6) is 0 Å². The summed E-state index contributed by atoms with van der Waals surface area (Å²) < 4.78 is 0.844. The smallest absolute Gasteiger partial charge is 1.00 e. The van der Waals surface area contributed by atoms with Gasteiger partial charge in [0.1, 0.15) is 6.54 Å². The maximum absolute atomic E-state index is 8.39. The predicted molar refractivity (Wildman–Crippen MR) is 38.0 cm³/mol. The summed E-state index contributed by atoms with van der Waals surface area (Å²) in [7, 11) is 6.16. The molecule has 0 saturated heterocycles. The van der Waals surface area contributed by atoms with E-state index in [4.69, 9.17) is 5.11 Å². The molecule has 0 aromatic rings. The first kappa shape index (κ1) is 12.2. The summed E-state index contributed by atoms with van der Waals surface area (Å²) in [5.41, 5.74) is 0. The molecule has 0 aromatic carbocycles. The van der Waals surface area contributed by atoms with Crippen LogP contribution in [0.3, 0.4) is 0 Å². The molecule has 48 valence electrons. The topological polar surface area (TPSA) is 20.2 Å². The summed E-state index contributed by atoms with van der Waals surface area (Å²) in [6.45, 7) is 1.11. The van der Waals surface area contributed by atoms with Crippen LogP contribution in [0.4, 0.5) is 0 Å². The molecule has 0 aliphatic heterocycles. The molecule has 3 heteroatoms. The molecule has 0 heterocycles. The Morgan fingerprint density at radius 1 is 1.38 bits per heavy atom. The predicted octanol–water partition coefficient (Wildman–Crippen LogP) is -0.471. The van der Waals surface area contributed by atoms with Gasteiger partial charge in [0.05, 0.1) is 27.7 Å². The van der Waals surface area contributed by atoms with E-state index in [9.17, 15) is 0 Å². The van der Waals surface area contributed by atoms with E-state index in [-0.39, 0.29) is 58.3 Å². The third-order valence-corrected chi connectivity index (χ3v) is 0.771. The zero-order valence-electron chi connectivity index (χ0n) is 8.02. The molecule has 0 saturated carbocycles. The number of quaternary nitrogens is 1. The molecular formula is C5H16BaNO+. The van der Waals surface area contributed by atoms with E-state index >= 15 is 0 Å². The van der Waals surface area contributed by atoms with Gasteiger partial charge in [-0.2, -0.15) is 0 Å². The standard InChI is InChI=1S/C5H14NO.Ba.2H/c1-6(2,3)4-5-7;;;/h7H,4-5H2,1-3H3;;;/q+1;+2;2*-1. The van der Waals surface area contributed by atoms with Gasteiger partial charge in [0.15, 0.2) is 0 Å². The normalized spacial score (nSPS) is 10.5. The van der Waals surface area contributed by atoms with Crippen molar-refractivity contribution in [3.8, 4) is 0 Å². The van der Waals surface area contributed by atoms with E-state index in [0.29, 0.717) is 0 Å². The first-order chi connectivity index (χ1) is 3.06. The van der Waals surface area contributed by atoms with Crippen LogP contribution in [-0.2, 0) is 0 Å². The molecule has 2 nitrogen and oxygen atoms in total. The van der Waals surface area contributed by atoms with Gasteiger partial charge < -0.3 is 12.4 Å². The summed E-state index contributed by atoms with van der Waals surface area (Å²) in [5, 5.41) is 8.39. The minimum absolute atomic E-state index is 0. The largest absolute Gasteiger partial charge is 2.00 e. The Morgan fingerprint density at radius 3 is 1.75 bits per heavy atom. The number of likely N-dealkylation sites (N-methyl/N-ethyl adjacent to an activating group) is 1. The average Bonchev–Trinajstić information content (AvgIpc) is 1.30. The Morgan fingerprint density at radius 2 is 1.75 bits per heavy atom. The van der Waals surface area contributed by atoms with Crippen molar-refractivity contribution in [2.45, 2.75) is 0 Å². The summed E-state index contributed by atoms with van der Waals surface area (Å²) in [5.74, 6) is 0. The van der Waals surface area contributed by atoms with Gasteiger partial charge >= 0.3 is 48.9 Å². The zero-order chi connectivity index (χ0) is 5.91. The van der Waals surface area contributed by atoms with E-state index in [1.807, 2.05) is 0 Å². The van der Waals surface area contributed by atoms with E-state index in [0.717, 1.165) is 11.0 Å². The first-order valence-corrected chi connectivity index (χ1v) is 2.47. The molecule has 0 radical (unpaired) electrons. The molecule has 0 bridgehead atoms. The Balaban J connectivity index is -0.0000000600. The Kier molecular flexibility index (Phi) is 8.06. The van der Waals surface area contributed by atoms with Crippen molar-refractivity contribution < 1.29 is 12.4 Å². The molecule has 0 rings (SSSR count). The van der Waals surface area contributed by atoms with Gasteiger partial charge in [-0.15, -0.1) is 0 Å². The molecule has 0 atom stereocenters. The number of aliphatic hydroxyl groups excluding tert-OH is 1. The molecule has 0 aliphatic rings. The third-order valence-electron chi connectivity index (χ3n) is 0.771. The van der Waals surface area contributed by atoms with Crippen molar-refractivity contribution in [2.75, 3.05) is 34.3 Å². The number of hydrogen-bond donors (Lipinski definition) is 1. The summed E-state index contributed by atoms with van der Waals surface area (Å²) in [4.78, 5) is 0. The number of nitrogens with zero attached hydrogens (tertiary/aromatic N) is 1. The molecule has 0 aliphatic carbocycles. The van der Waals surface area contributed by atoms with Crippen LogP contribution in [0.1, 0.15) is 2.85 Å². The van der Waals surface area contributed by atoms with Gasteiger partial charge in [0, 0.05) is 0 Å². The fourth-order valence-electron chi connectivity index (χ4n) is 0.300. The van der Waals surface area contributed by atoms with E-state index in [1.54, 1.807) is 0 Å². The van der Waals surface area contributed by atoms with Crippen molar-refractivity contribution in [3.05, 3.63) is 0 Å². The van der Waals surface area contributed by atoms with Crippen molar-refractivity contribution >= 4 is 48.9 Å². The Bertz CT molecular complexity index is 58.1. The van der Waals surface area contributed by atoms with E-state index in [2.05, 4.69) is 21.1 Å². The molecule has 0 aromatic heterocycles. The molecule has 0 unspecified atom stereocenters. The summed E-state index contributed by atoms with van der Waals surface area (Å²) in [6, 6.07) is 0. The Labute approximate surface area is 94.5 Å². The minimum atomic E-state index is 0. The molecule has 0 amide bonds. The summed E-state index contributed by atoms with van der Waals surface area (Å²) >= 11 is 0. The van der Waals surface area contributed by atoms with Crippen molar-refractivity contribution in [1.29, 1.82) is 0 Å². The van der Waals surface area contributed by atoms with Gasteiger partial charge in [0.25, 0.3) is 0 Å². The second-order valence-electron chi connectivity index (χ2n) is 2.74. The molecular weight excluding hydrogens is 227 g/mol. The minimum Gasteiger partial charge on any atom is -1.00 e. The summed E-state index contributed by atoms with van der Waals surface area (Å²) in [6.07, 6.45) is 0. The van der Waals surface area contributed by atoms with Gasteiger partial charge in [-0.05, 0) is 0 Å². The van der Waals surface area contributed by atoms with Crippen LogP contribution in [0.2, 0.25) is 0 Å². The second kappa shape index (κ2) is 5.29. The monoisotopic (exact) mass is 244 g/mol. The van der Waals surface area contributed by atoms with Crippen molar-refractivity contribution in [3.63, 3.8) is 0 Å². The van der Waals surface area contributed by atoms with Crippen LogP contribution in [0.25, 0.3) is 0 Å². The zero-order valence-corrected chi connectivity index (χ0v) is 10.5. The number of aliphatic hydroxyl groups is 1. The fourth-order valence-corrected chi connectivity index (χ4v) is 0.300. The first-order valence-electron chi connectivity index (χ1n) is 2.47. The van der Waals surface area contributed by atoms with Crippen LogP contribution < -0.4 is 0 Å². The van der Waals surface area contributed by atoms with Crippen LogP contribution in [0.15, 0.2) is 0 Å². The Hall–Kier alpha value is 1.49. The average molecular weight is 244 g/mol. The van der Waals surface area contributed by atoms with Crippen LogP contribution >= 0.6 is 0 Å². The van der Waals surface area contributed by atoms with Crippen molar-refractivity contribution in [1.82, 2.24) is 0 Å². The maximum Gasteiger partial charge on any atom is 2.00 e. The molecule has 0 fully saturated rings. The van der Waals surface area contributed by atoms with Crippen LogP contribution in [0, 0.1) is 0 Å². The van der Waals surface area contributed by atoms with E-state index < -0.39 is 0 Å². The van der Waals surface area contributed by atoms with Crippen LogP contribution in [-0.4, -0.2) is 92.8 Å². The maximum atomic E-state index is 8.39. The van der Waals surface area contributed by atoms with Crippen molar-refractivity contribution in [2.24, 2.45) is 0 Å². The third kappa shape index (κ3) is 10.5. The van der Waals surface area contributed by atoms with Gasteiger partial charge in [-0.25, -0.2) is 0 Å². The molecule has 8 heavy (non-hydrogen) atoms. The van der Waals surface area contributed by atoms with Gasteiger partial charge in [-0.1, -0.05) is 0 Å². The number of rotatable bonds is 2. The molecule has 1 N–H and O–H groups in total. The quantitative estimate of drug-likeness (QED) is 0.514.